The highest BCUT2D eigenvalue weighted by Crippen LogP contribution is 2.17. The van der Waals surface area contributed by atoms with E-state index in [1.54, 1.807) is 26.0 Å². The lowest BCUT2D eigenvalue weighted by Crippen LogP contribution is -2.41. The van der Waals surface area contributed by atoms with Gasteiger partial charge < -0.3 is 11.1 Å². The van der Waals surface area contributed by atoms with Crippen molar-refractivity contribution in [3.63, 3.8) is 0 Å². The van der Waals surface area contributed by atoms with Crippen molar-refractivity contribution in [2.24, 2.45) is 11.7 Å². The monoisotopic (exact) mass is 391 g/mol. The highest BCUT2D eigenvalue weighted by molar-refractivity contribution is 7.89. The zero-order valence-corrected chi connectivity index (χ0v) is 17.0. The van der Waals surface area contributed by atoms with Crippen LogP contribution >= 0.6 is 12.4 Å². The summed E-state index contributed by atoms with van der Waals surface area (Å²) in [6.07, 6.45) is 0.777. The smallest absolute Gasteiger partial charge is 0.251 e. The first-order valence-electron chi connectivity index (χ1n) is 8.37. The molecule has 0 aliphatic carbocycles. The van der Waals surface area contributed by atoms with Crippen molar-refractivity contribution in [2.45, 2.75) is 45.1 Å². The molecule has 25 heavy (non-hydrogen) atoms. The predicted molar refractivity (Wildman–Crippen MR) is 104 cm³/mol. The Hall–Kier alpha value is -1.15. The molecule has 1 rings (SSSR count). The van der Waals surface area contributed by atoms with Crippen LogP contribution in [0.4, 0.5) is 0 Å². The standard InChI is InChI=1S/C17H29N3O3S.ClH/c1-5-20(6-2)24(22,23)16-9-7-8-14(11-16)17(21)19-15(12-18)10-13(3)4;/h7-9,11,13,15H,5-6,10,12,18H2,1-4H3,(H,19,21);1H. The second-order valence-corrected chi connectivity index (χ2v) is 8.09. The third kappa shape index (κ3) is 6.58. The Morgan fingerprint density at radius 2 is 1.84 bits per heavy atom. The number of amides is 1. The molecule has 6 nitrogen and oxygen atoms in total. The van der Waals surface area contributed by atoms with Crippen molar-refractivity contribution in [3.05, 3.63) is 29.8 Å². The lowest BCUT2D eigenvalue weighted by molar-refractivity contribution is 0.0933. The summed E-state index contributed by atoms with van der Waals surface area (Å²) in [5.74, 6) is 0.107. The minimum absolute atomic E-state index is 0. The van der Waals surface area contributed by atoms with Crippen molar-refractivity contribution < 1.29 is 13.2 Å². The molecular formula is C17H30ClN3O3S. The van der Waals surface area contributed by atoms with Crippen LogP contribution in [-0.4, -0.2) is 44.3 Å². The van der Waals surface area contributed by atoms with Crippen LogP contribution in [0.3, 0.4) is 0 Å². The van der Waals surface area contributed by atoms with Crippen molar-refractivity contribution in [1.29, 1.82) is 0 Å². The molecule has 0 aliphatic rings. The van der Waals surface area contributed by atoms with Gasteiger partial charge in [0.05, 0.1) is 4.90 Å². The van der Waals surface area contributed by atoms with Gasteiger partial charge in [-0.1, -0.05) is 33.8 Å². The van der Waals surface area contributed by atoms with Crippen LogP contribution in [0.25, 0.3) is 0 Å². The first kappa shape index (κ1) is 23.9. The van der Waals surface area contributed by atoms with Crippen molar-refractivity contribution in [2.75, 3.05) is 19.6 Å². The van der Waals surface area contributed by atoms with E-state index in [0.717, 1.165) is 6.42 Å². The molecule has 1 unspecified atom stereocenters. The molecule has 0 aliphatic heterocycles. The maximum Gasteiger partial charge on any atom is 0.251 e. The van der Waals surface area contributed by atoms with E-state index in [4.69, 9.17) is 5.73 Å². The minimum atomic E-state index is -3.58. The van der Waals surface area contributed by atoms with Crippen LogP contribution in [0.2, 0.25) is 0 Å². The lowest BCUT2D eigenvalue weighted by atomic mass is 10.0. The quantitative estimate of drug-likeness (QED) is 0.675. The summed E-state index contributed by atoms with van der Waals surface area (Å²) >= 11 is 0. The van der Waals surface area contributed by atoms with Gasteiger partial charge in [-0.05, 0) is 30.5 Å². The van der Waals surface area contributed by atoms with Crippen LogP contribution in [-0.2, 0) is 10.0 Å². The number of sulfonamides is 1. The van der Waals surface area contributed by atoms with Gasteiger partial charge in [-0.2, -0.15) is 4.31 Å². The first-order chi connectivity index (χ1) is 11.3. The van der Waals surface area contributed by atoms with Gasteiger partial charge in [0.15, 0.2) is 0 Å². The van der Waals surface area contributed by atoms with Crippen molar-refractivity contribution >= 4 is 28.3 Å². The van der Waals surface area contributed by atoms with Gasteiger partial charge in [-0.25, -0.2) is 8.42 Å². The molecular weight excluding hydrogens is 362 g/mol. The Morgan fingerprint density at radius 1 is 1.24 bits per heavy atom. The van der Waals surface area contributed by atoms with Gasteiger partial charge in [0.2, 0.25) is 10.0 Å². The summed E-state index contributed by atoms with van der Waals surface area (Å²) in [5.41, 5.74) is 6.03. The summed E-state index contributed by atoms with van der Waals surface area (Å²) in [6.45, 7) is 8.82. The van der Waals surface area contributed by atoms with Crippen molar-refractivity contribution in [3.8, 4) is 0 Å². The topological polar surface area (TPSA) is 92.5 Å². The predicted octanol–water partition coefficient (Wildman–Crippen LogP) is 2.24. The van der Waals surface area contributed by atoms with E-state index in [1.807, 2.05) is 0 Å². The number of halogens is 1. The molecule has 0 aromatic heterocycles. The average Bonchev–Trinajstić information content (AvgIpc) is 2.54. The number of nitrogens with one attached hydrogen (secondary N) is 1. The van der Waals surface area contributed by atoms with Gasteiger partial charge in [0.25, 0.3) is 5.91 Å². The molecule has 0 spiro atoms. The summed E-state index contributed by atoms with van der Waals surface area (Å²) in [6, 6.07) is 6.01. The second kappa shape index (κ2) is 10.8. The Kier molecular flexibility index (Phi) is 10.3. The Labute approximate surface area is 157 Å². The summed E-state index contributed by atoms with van der Waals surface area (Å²) in [5, 5.41) is 2.88. The van der Waals surface area contributed by atoms with E-state index < -0.39 is 10.0 Å². The third-order valence-corrected chi connectivity index (χ3v) is 5.86. The number of carbonyl (C=O) groups is 1. The average molecular weight is 392 g/mol. The van der Waals surface area contributed by atoms with Crippen LogP contribution in [0.5, 0.6) is 0 Å². The molecule has 0 saturated carbocycles. The maximum absolute atomic E-state index is 12.6. The first-order valence-corrected chi connectivity index (χ1v) is 9.81. The highest BCUT2D eigenvalue weighted by Gasteiger charge is 2.23. The molecule has 0 heterocycles. The lowest BCUT2D eigenvalue weighted by Gasteiger charge is -2.20. The fraction of sp³-hybridized carbons (Fsp3) is 0.588. The molecule has 0 bridgehead atoms. The molecule has 0 radical (unpaired) electrons. The summed E-state index contributed by atoms with van der Waals surface area (Å²) < 4.78 is 26.5. The number of hydrogen-bond donors (Lipinski definition) is 2. The molecule has 144 valence electrons. The Balaban J connectivity index is 0.00000576. The second-order valence-electron chi connectivity index (χ2n) is 6.15. The normalized spacial score (nSPS) is 12.8. The number of rotatable bonds is 9. The van der Waals surface area contributed by atoms with Gasteiger partial charge in [-0.3, -0.25) is 4.79 Å². The van der Waals surface area contributed by atoms with Crippen LogP contribution in [0.1, 0.15) is 44.5 Å². The zero-order chi connectivity index (χ0) is 18.3. The van der Waals surface area contributed by atoms with Crippen LogP contribution in [0.15, 0.2) is 29.2 Å². The Morgan fingerprint density at radius 3 is 2.32 bits per heavy atom. The molecule has 0 saturated heterocycles. The number of benzene rings is 1. The summed E-state index contributed by atoms with van der Waals surface area (Å²) in [7, 11) is -3.58. The van der Waals surface area contributed by atoms with E-state index in [2.05, 4.69) is 19.2 Å². The molecule has 1 atom stereocenters. The van der Waals surface area contributed by atoms with E-state index in [0.29, 0.717) is 31.1 Å². The number of nitrogens with zero attached hydrogens (tertiary/aromatic N) is 1. The van der Waals surface area contributed by atoms with Gasteiger partial charge in [0.1, 0.15) is 0 Å². The maximum atomic E-state index is 12.6. The zero-order valence-electron chi connectivity index (χ0n) is 15.4. The fourth-order valence-electron chi connectivity index (χ4n) is 2.56. The Bertz CT molecular complexity index is 646. The van der Waals surface area contributed by atoms with Gasteiger partial charge in [-0.15, -0.1) is 12.4 Å². The molecule has 3 N–H and O–H groups in total. The molecule has 1 amide bonds. The highest BCUT2D eigenvalue weighted by atomic mass is 35.5. The SMILES string of the molecule is CCN(CC)S(=O)(=O)c1cccc(C(=O)NC(CN)CC(C)C)c1.Cl. The molecule has 1 aromatic rings. The van der Waals surface area contributed by atoms with Gasteiger partial charge in [0, 0.05) is 31.2 Å². The number of hydrogen-bond acceptors (Lipinski definition) is 4. The largest absolute Gasteiger partial charge is 0.348 e. The molecule has 0 fully saturated rings. The van der Waals surface area contributed by atoms with E-state index in [-0.39, 0.29) is 29.3 Å². The van der Waals surface area contributed by atoms with Crippen LogP contribution in [0, 0.1) is 5.92 Å². The number of carbonyl (C=O) groups excluding carboxylic acids is 1. The number of nitrogens with two attached hydrogens (primary N) is 1. The molecule has 8 heteroatoms. The third-order valence-electron chi connectivity index (χ3n) is 3.82. The summed E-state index contributed by atoms with van der Waals surface area (Å²) in [4.78, 5) is 12.5. The van der Waals surface area contributed by atoms with E-state index >= 15 is 0 Å². The minimum Gasteiger partial charge on any atom is -0.348 e. The van der Waals surface area contributed by atoms with Crippen LogP contribution < -0.4 is 11.1 Å². The van der Waals surface area contributed by atoms with E-state index in [1.165, 1.54) is 16.4 Å². The van der Waals surface area contributed by atoms with Crippen molar-refractivity contribution in [1.82, 2.24) is 9.62 Å². The van der Waals surface area contributed by atoms with E-state index in [9.17, 15) is 13.2 Å². The van der Waals surface area contributed by atoms with Gasteiger partial charge >= 0.3 is 0 Å². The fourth-order valence-corrected chi connectivity index (χ4v) is 4.07. The molecule has 1 aromatic carbocycles.